The molecule has 0 bridgehead atoms. The fourth-order valence-electron chi connectivity index (χ4n) is 0.323. The number of carbonyl (C=O) groups is 1. The zero-order valence-electron chi connectivity index (χ0n) is 5.06. The molecule has 9 heavy (non-hydrogen) atoms. The molecule has 0 N–H and O–H groups in total. The average molecular weight is 171 g/mol. The minimum absolute atomic E-state index is 0.0441. The molecule has 0 rings (SSSR count). The van der Waals surface area contributed by atoms with Gasteiger partial charge in [-0.15, -0.1) is 23.2 Å². The van der Waals surface area contributed by atoms with E-state index in [1.54, 1.807) is 0 Å². The standard InChI is InChI=1S/C5H8Cl2O2/c1-9-3-4(7)5(8)2-6/h4H,2-3H2,1H3. The van der Waals surface area contributed by atoms with Gasteiger partial charge in [0.25, 0.3) is 0 Å². The predicted molar refractivity (Wildman–Crippen MR) is 37.2 cm³/mol. The van der Waals surface area contributed by atoms with E-state index >= 15 is 0 Å². The van der Waals surface area contributed by atoms with Crippen LogP contribution in [0.25, 0.3) is 0 Å². The van der Waals surface area contributed by atoms with Crippen molar-refractivity contribution in [1.82, 2.24) is 0 Å². The van der Waals surface area contributed by atoms with Crippen LogP contribution in [0.4, 0.5) is 0 Å². The predicted octanol–water partition coefficient (Wildman–Crippen LogP) is 1.05. The van der Waals surface area contributed by atoms with E-state index in [-0.39, 0.29) is 18.3 Å². The highest BCUT2D eigenvalue weighted by atomic mass is 35.5. The monoisotopic (exact) mass is 170 g/mol. The van der Waals surface area contributed by atoms with Crippen molar-refractivity contribution in [2.45, 2.75) is 5.38 Å². The molecule has 0 aromatic carbocycles. The van der Waals surface area contributed by atoms with Gasteiger partial charge >= 0.3 is 0 Å². The van der Waals surface area contributed by atoms with Crippen LogP contribution >= 0.6 is 23.2 Å². The maximum Gasteiger partial charge on any atom is 0.167 e. The number of halogens is 2. The van der Waals surface area contributed by atoms with Gasteiger partial charge < -0.3 is 4.74 Å². The van der Waals surface area contributed by atoms with Crippen LogP contribution in [0.2, 0.25) is 0 Å². The van der Waals surface area contributed by atoms with Crippen LogP contribution in [0.1, 0.15) is 0 Å². The van der Waals surface area contributed by atoms with E-state index in [0.717, 1.165) is 0 Å². The molecule has 0 aliphatic rings. The number of rotatable bonds is 4. The van der Waals surface area contributed by atoms with Gasteiger partial charge in [-0.3, -0.25) is 4.79 Å². The summed E-state index contributed by atoms with van der Waals surface area (Å²) in [5.41, 5.74) is 0. The van der Waals surface area contributed by atoms with Crippen molar-refractivity contribution in [3.05, 3.63) is 0 Å². The van der Waals surface area contributed by atoms with Gasteiger partial charge in [-0.1, -0.05) is 0 Å². The molecular formula is C5H8Cl2O2. The highest BCUT2D eigenvalue weighted by Crippen LogP contribution is 1.98. The van der Waals surface area contributed by atoms with Crippen LogP contribution in [0.5, 0.6) is 0 Å². The Labute approximate surface area is 64.1 Å². The molecule has 1 atom stereocenters. The fourth-order valence-corrected chi connectivity index (χ4v) is 0.791. The first-order valence-corrected chi connectivity index (χ1v) is 3.41. The van der Waals surface area contributed by atoms with Crippen molar-refractivity contribution in [2.24, 2.45) is 0 Å². The third kappa shape index (κ3) is 3.73. The topological polar surface area (TPSA) is 26.3 Å². The van der Waals surface area contributed by atoms with E-state index < -0.39 is 5.38 Å². The van der Waals surface area contributed by atoms with Crippen molar-refractivity contribution >= 4 is 29.0 Å². The number of alkyl halides is 2. The highest BCUT2D eigenvalue weighted by Gasteiger charge is 2.12. The lowest BCUT2D eigenvalue weighted by atomic mass is 10.3. The van der Waals surface area contributed by atoms with Crippen LogP contribution < -0.4 is 0 Å². The number of ether oxygens (including phenoxy) is 1. The molecule has 0 aliphatic carbocycles. The third-order valence-corrected chi connectivity index (χ3v) is 1.43. The molecular weight excluding hydrogens is 163 g/mol. The van der Waals surface area contributed by atoms with Gasteiger partial charge in [-0.2, -0.15) is 0 Å². The molecule has 0 heterocycles. The molecule has 4 heteroatoms. The van der Waals surface area contributed by atoms with Crippen molar-refractivity contribution in [3.63, 3.8) is 0 Å². The Morgan fingerprint density at radius 2 is 2.33 bits per heavy atom. The Morgan fingerprint density at radius 3 is 2.67 bits per heavy atom. The molecule has 0 aromatic heterocycles. The second-order valence-electron chi connectivity index (χ2n) is 1.52. The second-order valence-corrected chi connectivity index (χ2v) is 2.32. The number of hydrogen-bond donors (Lipinski definition) is 0. The van der Waals surface area contributed by atoms with Crippen LogP contribution in [0.15, 0.2) is 0 Å². The molecule has 0 aromatic rings. The molecule has 2 nitrogen and oxygen atoms in total. The first-order chi connectivity index (χ1) is 4.22. The summed E-state index contributed by atoms with van der Waals surface area (Å²) in [5.74, 6) is -0.238. The Kier molecular flexibility index (Phi) is 5.15. The summed E-state index contributed by atoms with van der Waals surface area (Å²) in [4.78, 5) is 10.6. The van der Waals surface area contributed by atoms with Crippen LogP contribution in [-0.2, 0) is 9.53 Å². The molecule has 1 unspecified atom stereocenters. The molecule has 0 radical (unpaired) electrons. The average Bonchev–Trinajstić information content (AvgIpc) is 1.87. The smallest absolute Gasteiger partial charge is 0.167 e. The largest absolute Gasteiger partial charge is 0.383 e. The number of hydrogen-bond acceptors (Lipinski definition) is 2. The highest BCUT2D eigenvalue weighted by molar-refractivity contribution is 6.38. The number of methoxy groups -OCH3 is 1. The summed E-state index contributed by atoms with van der Waals surface area (Å²) >= 11 is 10.7. The van der Waals surface area contributed by atoms with Crippen molar-refractivity contribution in [3.8, 4) is 0 Å². The minimum Gasteiger partial charge on any atom is -0.383 e. The number of Topliss-reactive ketones (excluding diaryl/α,β-unsaturated/α-hetero) is 1. The van der Waals surface area contributed by atoms with Gasteiger partial charge in [-0.05, 0) is 0 Å². The third-order valence-electron chi connectivity index (χ3n) is 0.794. The fraction of sp³-hybridized carbons (Fsp3) is 0.800. The lowest BCUT2D eigenvalue weighted by Crippen LogP contribution is -2.20. The SMILES string of the molecule is COCC(Cl)C(=O)CCl. The van der Waals surface area contributed by atoms with Crippen LogP contribution in [0, 0.1) is 0 Å². The lowest BCUT2D eigenvalue weighted by Gasteiger charge is -2.02. The Bertz CT molecular complexity index is 95.0. The molecule has 0 saturated carbocycles. The van der Waals surface area contributed by atoms with E-state index in [2.05, 4.69) is 4.74 Å². The van der Waals surface area contributed by atoms with Crippen LogP contribution in [-0.4, -0.2) is 30.8 Å². The number of carbonyl (C=O) groups excluding carboxylic acids is 1. The summed E-state index contributed by atoms with van der Waals surface area (Å²) in [5, 5.41) is -0.590. The van der Waals surface area contributed by atoms with Gasteiger partial charge in [0.1, 0.15) is 5.38 Å². The maximum absolute atomic E-state index is 10.6. The first-order valence-electron chi connectivity index (χ1n) is 2.44. The molecule has 0 fully saturated rings. The molecule has 0 saturated heterocycles. The van der Waals surface area contributed by atoms with Crippen LogP contribution in [0.3, 0.4) is 0 Å². The number of ketones is 1. The summed E-state index contributed by atoms with van der Waals surface area (Å²) in [7, 11) is 1.48. The van der Waals surface area contributed by atoms with Crippen molar-refractivity contribution < 1.29 is 9.53 Å². The maximum atomic E-state index is 10.6. The zero-order valence-corrected chi connectivity index (χ0v) is 6.58. The summed E-state index contributed by atoms with van der Waals surface area (Å²) in [6, 6.07) is 0. The molecule has 0 aliphatic heterocycles. The molecule has 54 valence electrons. The van der Waals surface area contributed by atoms with E-state index in [1.165, 1.54) is 7.11 Å². The lowest BCUT2D eigenvalue weighted by molar-refractivity contribution is -0.117. The quantitative estimate of drug-likeness (QED) is 0.591. The summed E-state index contributed by atoms with van der Waals surface area (Å²) in [6.45, 7) is 0.229. The van der Waals surface area contributed by atoms with E-state index in [4.69, 9.17) is 23.2 Å². The molecule has 0 spiro atoms. The summed E-state index contributed by atoms with van der Waals surface area (Å²) < 4.78 is 4.62. The van der Waals surface area contributed by atoms with Gasteiger partial charge in [0, 0.05) is 7.11 Å². The Morgan fingerprint density at radius 1 is 1.78 bits per heavy atom. The van der Waals surface area contributed by atoms with E-state index in [1.807, 2.05) is 0 Å². The van der Waals surface area contributed by atoms with E-state index in [9.17, 15) is 4.79 Å². The van der Waals surface area contributed by atoms with Gasteiger partial charge in [0.2, 0.25) is 0 Å². The minimum atomic E-state index is -0.590. The zero-order chi connectivity index (χ0) is 7.28. The van der Waals surface area contributed by atoms with Gasteiger partial charge in [0.15, 0.2) is 5.78 Å². The summed E-state index contributed by atoms with van der Waals surface area (Å²) in [6.07, 6.45) is 0. The second kappa shape index (κ2) is 5.03. The van der Waals surface area contributed by atoms with Crippen molar-refractivity contribution in [1.29, 1.82) is 0 Å². The Hall–Kier alpha value is 0.210. The van der Waals surface area contributed by atoms with E-state index in [0.29, 0.717) is 0 Å². The first kappa shape index (κ1) is 9.21. The molecule has 0 amide bonds. The van der Waals surface area contributed by atoms with Gasteiger partial charge in [0.05, 0.1) is 12.5 Å². The van der Waals surface area contributed by atoms with Gasteiger partial charge in [-0.25, -0.2) is 0 Å². The Balaban J connectivity index is 3.45. The normalized spacial score (nSPS) is 13.2. The van der Waals surface area contributed by atoms with Crippen molar-refractivity contribution in [2.75, 3.05) is 19.6 Å².